The smallest absolute Gasteiger partial charge is 0.372 e. The van der Waals surface area contributed by atoms with Crippen molar-refractivity contribution in [1.82, 2.24) is 9.88 Å². The molecule has 0 saturated heterocycles. The first-order valence-electron chi connectivity index (χ1n) is 6.87. The molecule has 3 nitrogen and oxygen atoms in total. The topological polar surface area (TPSA) is 26.2 Å². The van der Waals surface area contributed by atoms with Gasteiger partial charge >= 0.3 is 6.18 Å². The predicted molar refractivity (Wildman–Crippen MR) is 72.5 cm³/mol. The zero-order valence-corrected chi connectivity index (χ0v) is 12.0. The van der Waals surface area contributed by atoms with E-state index in [0.29, 0.717) is 18.9 Å². The summed E-state index contributed by atoms with van der Waals surface area (Å²) in [6, 6.07) is 3.97. The molecule has 1 aromatic rings. The Labute approximate surface area is 118 Å². The summed E-state index contributed by atoms with van der Waals surface area (Å²) in [6.45, 7) is 5.63. The first kappa shape index (κ1) is 17.0. The van der Waals surface area contributed by atoms with Gasteiger partial charge in [-0.2, -0.15) is 13.2 Å². The van der Waals surface area contributed by atoms with Crippen LogP contribution in [0.1, 0.15) is 26.0 Å². The van der Waals surface area contributed by atoms with E-state index in [0.717, 1.165) is 18.8 Å². The van der Waals surface area contributed by atoms with E-state index in [9.17, 15) is 13.2 Å². The quantitative estimate of drug-likeness (QED) is 0.707. The number of nitrogens with zero attached hydrogens (tertiary/aromatic N) is 1. The molecule has 0 saturated carbocycles. The highest BCUT2D eigenvalue weighted by molar-refractivity contribution is 5.06. The van der Waals surface area contributed by atoms with Crippen molar-refractivity contribution >= 4 is 0 Å². The van der Waals surface area contributed by atoms with Gasteiger partial charge in [0, 0.05) is 31.6 Å². The largest absolute Gasteiger partial charge is 0.411 e. The number of ether oxygens (including phenoxy) is 1. The zero-order chi connectivity index (χ0) is 15.0. The Kier molecular flexibility index (Phi) is 7.09. The average molecular weight is 292 g/mol. The van der Waals surface area contributed by atoms with Gasteiger partial charge in [0.05, 0.1) is 0 Å². The number of nitrogens with one attached hydrogen (secondary N) is 1. The molecule has 0 fully saturated rings. The lowest BCUT2D eigenvalue weighted by molar-refractivity contribution is -0.174. The van der Waals surface area contributed by atoms with Crippen molar-refractivity contribution in [2.24, 2.45) is 5.92 Å². The minimum atomic E-state index is -4.24. The molecule has 0 spiro atoms. The average Bonchev–Trinajstić information content (AvgIpc) is 2.74. The van der Waals surface area contributed by atoms with Crippen molar-refractivity contribution in [3.63, 3.8) is 0 Å². The van der Waals surface area contributed by atoms with E-state index in [-0.39, 0.29) is 6.61 Å². The Morgan fingerprint density at radius 3 is 2.75 bits per heavy atom. The van der Waals surface area contributed by atoms with Crippen LogP contribution in [-0.2, 0) is 17.8 Å². The molecule has 116 valence electrons. The van der Waals surface area contributed by atoms with E-state index in [1.165, 1.54) is 0 Å². The van der Waals surface area contributed by atoms with E-state index in [1.54, 1.807) is 0 Å². The molecule has 0 atom stereocenters. The maximum Gasteiger partial charge on any atom is 0.411 e. The number of hydrogen-bond acceptors (Lipinski definition) is 2. The fourth-order valence-corrected chi connectivity index (χ4v) is 1.84. The highest BCUT2D eigenvalue weighted by Gasteiger charge is 2.27. The number of hydrogen-bond donors (Lipinski definition) is 1. The van der Waals surface area contributed by atoms with Crippen molar-refractivity contribution in [3.05, 3.63) is 24.0 Å². The summed E-state index contributed by atoms with van der Waals surface area (Å²) in [6.07, 6.45) is -1.72. The van der Waals surface area contributed by atoms with Gasteiger partial charge in [0.25, 0.3) is 0 Å². The highest BCUT2D eigenvalue weighted by Crippen LogP contribution is 2.14. The number of halogens is 3. The fraction of sp³-hybridized carbons (Fsp3) is 0.714. The standard InChI is InChI=1S/C14H23F3N2O/c1-12(2)9-18-10-13-5-3-6-19(13)7-4-8-20-11-14(15,16)17/h3,5-6,12,18H,4,7-11H2,1-2H3. The molecule has 0 aromatic carbocycles. The second kappa shape index (κ2) is 8.32. The fourth-order valence-electron chi connectivity index (χ4n) is 1.84. The summed E-state index contributed by atoms with van der Waals surface area (Å²) < 4.78 is 42.3. The van der Waals surface area contributed by atoms with E-state index in [4.69, 9.17) is 0 Å². The molecule has 6 heteroatoms. The Balaban J connectivity index is 2.22. The number of alkyl halides is 3. The predicted octanol–water partition coefficient (Wildman–Crippen LogP) is 3.20. The summed E-state index contributed by atoms with van der Waals surface area (Å²) in [5.74, 6) is 0.592. The molecule has 0 unspecified atom stereocenters. The Bertz CT molecular complexity index is 375. The van der Waals surface area contributed by atoms with Crippen molar-refractivity contribution in [1.29, 1.82) is 0 Å². The summed E-state index contributed by atoms with van der Waals surface area (Å²) in [5, 5.41) is 3.35. The maximum absolute atomic E-state index is 11.9. The summed E-state index contributed by atoms with van der Waals surface area (Å²) in [7, 11) is 0. The van der Waals surface area contributed by atoms with Gasteiger partial charge in [-0.25, -0.2) is 0 Å². The lowest BCUT2D eigenvalue weighted by Gasteiger charge is -2.12. The van der Waals surface area contributed by atoms with Gasteiger partial charge in [0.2, 0.25) is 0 Å². The number of aryl methyl sites for hydroxylation is 1. The molecule has 1 N–H and O–H groups in total. The minimum absolute atomic E-state index is 0.122. The molecular formula is C14H23F3N2O. The third kappa shape index (κ3) is 7.55. The Morgan fingerprint density at radius 1 is 1.35 bits per heavy atom. The summed E-state index contributed by atoms with van der Waals surface area (Å²) in [4.78, 5) is 0. The molecule has 0 aliphatic carbocycles. The van der Waals surface area contributed by atoms with Crippen LogP contribution in [0.25, 0.3) is 0 Å². The molecule has 1 heterocycles. The zero-order valence-electron chi connectivity index (χ0n) is 12.0. The number of aromatic nitrogens is 1. The summed E-state index contributed by atoms with van der Waals surface area (Å²) >= 11 is 0. The first-order chi connectivity index (χ1) is 9.38. The van der Waals surface area contributed by atoms with Gasteiger partial charge in [0.1, 0.15) is 6.61 Å². The van der Waals surface area contributed by atoms with Crippen molar-refractivity contribution in [2.75, 3.05) is 19.8 Å². The second-order valence-electron chi connectivity index (χ2n) is 5.24. The maximum atomic E-state index is 11.9. The highest BCUT2D eigenvalue weighted by atomic mass is 19.4. The Hall–Kier alpha value is -1.01. The molecule has 20 heavy (non-hydrogen) atoms. The van der Waals surface area contributed by atoms with Crippen LogP contribution >= 0.6 is 0 Å². The molecule has 0 aliphatic heterocycles. The van der Waals surface area contributed by atoms with Crippen LogP contribution in [0, 0.1) is 5.92 Å². The molecule has 1 aromatic heterocycles. The van der Waals surface area contributed by atoms with Gasteiger partial charge in [-0.3, -0.25) is 0 Å². The van der Waals surface area contributed by atoms with Crippen molar-refractivity contribution < 1.29 is 17.9 Å². The van der Waals surface area contributed by atoms with Gasteiger partial charge < -0.3 is 14.6 Å². The van der Waals surface area contributed by atoms with E-state index >= 15 is 0 Å². The van der Waals surface area contributed by atoms with Gasteiger partial charge in [-0.1, -0.05) is 13.8 Å². The van der Waals surface area contributed by atoms with E-state index < -0.39 is 12.8 Å². The van der Waals surface area contributed by atoms with Crippen LogP contribution in [0.3, 0.4) is 0 Å². The monoisotopic (exact) mass is 292 g/mol. The third-order valence-corrected chi connectivity index (χ3v) is 2.74. The van der Waals surface area contributed by atoms with Crippen LogP contribution in [0.15, 0.2) is 18.3 Å². The van der Waals surface area contributed by atoms with Crippen LogP contribution in [0.2, 0.25) is 0 Å². The molecule has 0 amide bonds. The van der Waals surface area contributed by atoms with Gasteiger partial charge in [0.15, 0.2) is 0 Å². The minimum Gasteiger partial charge on any atom is -0.372 e. The lowest BCUT2D eigenvalue weighted by Crippen LogP contribution is -2.21. The summed E-state index contributed by atoms with van der Waals surface area (Å²) in [5.41, 5.74) is 1.14. The van der Waals surface area contributed by atoms with Crippen LogP contribution < -0.4 is 5.32 Å². The van der Waals surface area contributed by atoms with Gasteiger partial charge in [-0.05, 0) is 31.0 Å². The molecule has 0 aliphatic rings. The molecule has 0 radical (unpaired) electrons. The normalized spacial score (nSPS) is 12.3. The van der Waals surface area contributed by atoms with E-state index in [1.807, 2.05) is 22.9 Å². The first-order valence-corrected chi connectivity index (χ1v) is 6.87. The van der Waals surface area contributed by atoms with Gasteiger partial charge in [-0.15, -0.1) is 0 Å². The second-order valence-corrected chi connectivity index (χ2v) is 5.24. The van der Waals surface area contributed by atoms with Crippen LogP contribution in [-0.4, -0.2) is 30.5 Å². The van der Waals surface area contributed by atoms with Crippen LogP contribution in [0.4, 0.5) is 13.2 Å². The SMILES string of the molecule is CC(C)CNCc1cccn1CCCOCC(F)(F)F. The molecule has 1 rings (SSSR count). The van der Waals surface area contributed by atoms with Crippen LogP contribution in [0.5, 0.6) is 0 Å². The lowest BCUT2D eigenvalue weighted by atomic mass is 10.2. The number of rotatable bonds is 9. The van der Waals surface area contributed by atoms with E-state index in [2.05, 4.69) is 23.9 Å². The molecular weight excluding hydrogens is 269 g/mol. The van der Waals surface area contributed by atoms with Crippen molar-refractivity contribution in [3.8, 4) is 0 Å². The third-order valence-electron chi connectivity index (χ3n) is 2.74. The molecule has 0 bridgehead atoms. The Morgan fingerprint density at radius 2 is 2.10 bits per heavy atom. The van der Waals surface area contributed by atoms with Crippen molar-refractivity contribution in [2.45, 2.75) is 39.5 Å².